The zero-order valence-electron chi connectivity index (χ0n) is 56.1. The van der Waals surface area contributed by atoms with E-state index in [0.29, 0.717) is 37.6 Å². The third kappa shape index (κ3) is 9.23. The second kappa shape index (κ2) is 20.9. The van der Waals surface area contributed by atoms with Crippen LogP contribution in [0.5, 0.6) is 0 Å². The van der Waals surface area contributed by atoms with Gasteiger partial charge >= 0.3 is 5.97 Å². The minimum Gasteiger partial charge on any atom is -0.467 e. The van der Waals surface area contributed by atoms with Crippen molar-refractivity contribution in [3.05, 3.63) is 82.8 Å². The number of hydrogen-bond donors (Lipinski definition) is 2. The summed E-state index contributed by atoms with van der Waals surface area (Å²) in [5.41, 5.74) is 2.40. The molecule has 2 amide bonds. The van der Waals surface area contributed by atoms with Crippen molar-refractivity contribution in [2.75, 3.05) is 13.7 Å². The van der Waals surface area contributed by atoms with E-state index >= 15 is 9.59 Å². The largest absolute Gasteiger partial charge is 0.467 e. The van der Waals surface area contributed by atoms with Gasteiger partial charge in [-0.1, -0.05) is 120 Å². The van der Waals surface area contributed by atoms with E-state index in [1.165, 1.54) is 18.3 Å². The summed E-state index contributed by atoms with van der Waals surface area (Å²) in [4.78, 5) is 73.2. The topological polar surface area (TPSA) is 145 Å². The number of amides is 2. The SMILES string of the molecule is COC(=O)[C@@H](CCCCNC(=O)[C@]12CCC(C)(C)C[C@@H]1C1=CC[C@@H]3[C@@]4(C)C/C(=C/c5ccco5)C(=O)C(C)(C)[C@@H]4CC[C@@]3(C)[C@]1(C)CC2)NC(=O)[C@]12CCC(C)(C)C[C@@H]1C1=CC[C@@H]3[C@@]4(C)C/C(=C/c5ccco5)C(=O)C(C)(C)[C@@H]4CC[C@@]3(C)[C@]1(C)CC2. The Kier molecular flexibility index (Phi) is 15.0. The Morgan fingerprint density at radius 1 is 0.575 bits per heavy atom. The average Bonchev–Trinajstić information content (AvgIpc) is 0.715. The Labute approximate surface area is 521 Å². The van der Waals surface area contributed by atoms with Gasteiger partial charge < -0.3 is 24.2 Å². The molecule has 10 aliphatic carbocycles. The molecule has 8 fully saturated rings. The lowest BCUT2D eigenvalue weighted by Gasteiger charge is -2.70. The molecule has 12 rings (SSSR count). The first-order valence-electron chi connectivity index (χ1n) is 34.4. The number of ketones is 2. The molecule has 2 aromatic heterocycles. The van der Waals surface area contributed by atoms with Crippen LogP contribution in [0.3, 0.4) is 0 Å². The van der Waals surface area contributed by atoms with E-state index in [2.05, 4.69) is 120 Å². The molecular formula is C77H108N2O8. The van der Waals surface area contributed by atoms with E-state index in [4.69, 9.17) is 13.6 Å². The van der Waals surface area contributed by atoms with Gasteiger partial charge in [0.2, 0.25) is 11.8 Å². The summed E-state index contributed by atoms with van der Waals surface area (Å²) in [6.45, 7) is 34.1. The number of furan rings is 2. The zero-order chi connectivity index (χ0) is 62.6. The highest BCUT2D eigenvalue weighted by molar-refractivity contribution is 6.05. The fraction of sp³-hybridized carbons (Fsp3) is 0.727. The fourth-order valence-electron chi connectivity index (χ4n) is 23.9. The molecule has 2 aromatic rings. The molecule has 0 bridgehead atoms. The monoisotopic (exact) mass is 1190 g/mol. The van der Waals surface area contributed by atoms with Crippen molar-refractivity contribution in [2.24, 2.45) is 100 Å². The summed E-state index contributed by atoms with van der Waals surface area (Å²) in [6.07, 6.45) is 30.9. The van der Waals surface area contributed by atoms with Gasteiger partial charge in [0.05, 0.1) is 30.5 Å². The van der Waals surface area contributed by atoms with Crippen molar-refractivity contribution in [2.45, 2.75) is 238 Å². The Balaban J connectivity index is 0.737. The van der Waals surface area contributed by atoms with Crippen LogP contribution >= 0.6 is 0 Å². The summed E-state index contributed by atoms with van der Waals surface area (Å²) in [5.74, 6) is 3.25. The van der Waals surface area contributed by atoms with Gasteiger partial charge in [-0.2, -0.15) is 0 Å². The first kappa shape index (κ1) is 62.5. The van der Waals surface area contributed by atoms with E-state index in [1.54, 1.807) is 12.5 Å². The third-order valence-electron chi connectivity index (χ3n) is 29.1. The first-order valence-corrected chi connectivity index (χ1v) is 34.4. The number of allylic oxidation sites excluding steroid dienone is 6. The number of carbonyl (C=O) groups excluding carboxylic acids is 5. The number of nitrogens with one attached hydrogen (secondary N) is 2. The highest BCUT2D eigenvalue weighted by Gasteiger charge is 2.72. The zero-order valence-corrected chi connectivity index (χ0v) is 56.1. The van der Waals surface area contributed by atoms with Crippen LogP contribution in [0.2, 0.25) is 0 Å². The van der Waals surface area contributed by atoms with Crippen LogP contribution in [0, 0.1) is 100 Å². The van der Waals surface area contributed by atoms with Gasteiger partial charge in [-0.3, -0.25) is 19.2 Å². The molecule has 15 atom stereocenters. The van der Waals surface area contributed by atoms with Crippen LogP contribution in [-0.4, -0.2) is 49.0 Å². The molecule has 10 heteroatoms. The molecule has 0 aliphatic heterocycles. The lowest BCUT2D eigenvalue weighted by atomic mass is 9.33. The van der Waals surface area contributed by atoms with E-state index in [1.807, 2.05) is 36.4 Å². The van der Waals surface area contributed by atoms with E-state index in [9.17, 15) is 14.4 Å². The number of hydrogen-bond acceptors (Lipinski definition) is 8. The summed E-state index contributed by atoms with van der Waals surface area (Å²) < 4.78 is 17.0. The Hall–Kier alpha value is -4.73. The number of carbonyl (C=O) groups is 5. The van der Waals surface area contributed by atoms with Gasteiger partial charge in [0.15, 0.2) is 11.6 Å². The summed E-state index contributed by atoms with van der Waals surface area (Å²) in [6, 6.07) is 6.90. The molecular weight excluding hydrogens is 1080 g/mol. The molecule has 0 radical (unpaired) electrons. The number of unbranched alkanes of at least 4 members (excludes halogenated alkanes) is 1. The number of ether oxygens (including phenoxy) is 1. The molecule has 474 valence electrons. The maximum atomic E-state index is 15.5. The number of esters is 1. The standard InChI is InChI=1S/C77H108N2O8/c1-66(2)31-35-76(37-33-72(11)52(54(76)46-66)23-25-59-70(9)44-48(42-50-20-18-40-86-50)61(80)68(5,6)57(70)27-29-74(59,72)13)64(83)78-39-17-16-22-56(63(82)85-15)79-65(84)77-36-32-67(3,4)47-55(77)53-24-26-60-71(10)45-49(43-51-21-19-41-87-51)62(81)69(7,8)58(71)28-30-75(60,14)73(53,12)34-38-77/h18-21,23-24,40-43,54-60H,16-17,22,25-39,44-47H2,1-15H3,(H,78,83)(H,79,84)/b48-42-,49-43-/t54-,55-,56-,57+,58+,59-,60-,70+,71+,72-,73-,74-,75-,76+,77+/m1/s1. The molecule has 2 N–H and O–H groups in total. The maximum absolute atomic E-state index is 15.5. The number of fused-ring (bicyclic) bond motifs is 14. The van der Waals surface area contributed by atoms with Crippen molar-refractivity contribution in [1.82, 2.24) is 10.6 Å². The van der Waals surface area contributed by atoms with Gasteiger partial charge in [-0.15, -0.1) is 0 Å². The second-order valence-electron chi connectivity index (χ2n) is 34.9. The predicted molar refractivity (Wildman–Crippen MR) is 343 cm³/mol. The van der Waals surface area contributed by atoms with E-state index in [0.717, 1.165) is 138 Å². The van der Waals surface area contributed by atoms with Crippen LogP contribution in [0.1, 0.15) is 243 Å². The molecule has 0 saturated heterocycles. The summed E-state index contributed by atoms with van der Waals surface area (Å²) in [5, 5.41) is 6.91. The second-order valence-corrected chi connectivity index (χ2v) is 34.9. The van der Waals surface area contributed by atoms with Crippen LogP contribution in [0.15, 0.2) is 80.1 Å². The molecule has 8 saturated carbocycles. The fourth-order valence-corrected chi connectivity index (χ4v) is 23.9. The van der Waals surface area contributed by atoms with Crippen molar-refractivity contribution < 1.29 is 37.5 Å². The summed E-state index contributed by atoms with van der Waals surface area (Å²) >= 11 is 0. The van der Waals surface area contributed by atoms with Gasteiger partial charge in [-0.05, 0) is 261 Å². The average molecular weight is 1190 g/mol. The minimum absolute atomic E-state index is 0.00353. The number of Topliss-reactive ketones (excluding diaryl/α,β-unsaturated/α-hetero) is 2. The molecule has 10 aliphatic rings. The smallest absolute Gasteiger partial charge is 0.328 e. The number of methoxy groups -OCH3 is 1. The van der Waals surface area contributed by atoms with Crippen molar-refractivity contribution in [3.63, 3.8) is 0 Å². The Morgan fingerprint density at radius 3 is 1.44 bits per heavy atom. The van der Waals surface area contributed by atoms with Gasteiger partial charge in [-0.25, -0.2) is 4.79 Å². The highest BCUT2D eigenvalue weighted by Crippen LogP contribution is 2.78. The Bertz CT molecular complexity index is 3220. The Morgan fingerprint density at radius 2 is 1.01 bits per heavy atom. The molecule has 87 heavy (non-hydrogen) atoms. The quantitative estimate of drug-likeness (QED) is 0.0979. The van der Waals surface area contributed by atoms with Crippen LogP contribution < -0.4 is 10.6 Å². The van der Waals surface area contributed by atoms with Gasteiger partial charge in [0.1, 0.15) is 17.6 Å². The van der Waals surface area contributed by atoms with Crippen molar-refractivity contribution >= 4 is 41.5 Å². The molecule has 0 spiro atoms. The van der Waals surface area contributed by atoms with Crippen molar-refractivity contribution in [1.29, 1.82) is 0 Å². The normalized spacial score (nSPS) is 42.4. The minimum atomic E-state index is -0.783. The maximum Gasteiger partial charge on any atom is 0.328 e. The molecule has 0 aromatic carbocycles. The lowest BCUT2D eigenvalue weighted by molar-refractivity contribution is -0.180. The molecule has 2 heterocycles. The molecule has 0 unspecified atom stereocenters. The van der Waals surface area contributed by atoms with Crippen LogP contribution in [0.4, 0.5) is 0 Å². The van der Waals surface area contributed by atoms with Crippen LogP contribution in [0.25, 0.3) is 12.2 Å². The first-order chi connectivity index (χ1) is 40.7. The highest BCUT2D eigenvalue weighted by atomic mass is 16.5. The number of rotatable bonds is 11. The van der Waals surface area contributed by atoms with E-state index in [-0.39, 0.29) is 90.4 Å². The van der Waals surface area contributed by atoms with E-state index < -0.39 is 33.7 Å². The third-order valence-corrected chi connectivity index (χ3v) is 29.1. The van der Waals surface area contributed by atoms with Gasteiger partial charge in [0.25, 0.3) is 0 Å². The lowest BCUT2D eigenvalue weighted by Crippen LogP contribution is -2.65. The summed E-state index contributed by atoms with van der Waals surface area (Å²) in [7, 11) is 1.43. The van der Waals surface area contributed by atoms with Crippen molar-refractivity contribution in [3.8, 4) is 0 Å². The van der Waals surface area contributed by atoms with Crippen LogP contribution in [-0.2, 0) is 28.7 Å². The van der Waals surface area contributed by atoms with Gasteiger partial charge in [0, 0.05) is 17.4 Å². The molecule has 10 nitrogen and oxygen atoms in total. The predicted octanol–water partition coefficient (Wildman–Crippen LogP) is 17.2.